The summed E-state index contributed by atoms with van der Waals surface area (Å²) in [6, 6.07) is 22.0. The van der Waals surface area contributed by atoms with E-state index in [1.165, 1.54) is 0 Å². The number of nitrogens with one attached hydrogen (secondary N) is 1. The largest absolute Gasteiger partial charge is 0.484 e. The van der Waals surface area contributed by atoms with Gasteiger partial charge in [-0.3, -0.25) is 9.59 Å². The summed E-state index contributed by atoms with van der Waals surface area (Å²) in [6.07, 6.45) is 0.364. The monoisotopic (exact) mass is 506 g/mol. The molecule has 0 bridgehead atoms. The maximum atomic E-state index is 13.7. The number of amides is 2. The molecular formula is C30H35ClN2O3. The van der Waals surface area contributed by atoms with Crippen molar-refractivity contribution in [2.24, 2.45) is 0 Å². The van der Waals surface area contributed by atoms with Crippen molar-refractivity contribution in [2.75, 3.05) is 6.61 Å². The van der Waals surface area contributed by atoms with Crippen LogP contribution in [-0.2, 0) is 22.6 Å². The standard InChI is InChI=1S/C30H35ClN2O3/c1-21-15-16-25(17-22(21)2)36-20-28(34)33(19-24-13-9-10-14-26(24)31)27(29(35)32-30(3,4)5)18-23-11-7-6-8-12-23/h6-17,27H,18-20H2,1-5H3,(H,32,35)/t27-/m1/s1. The van der Waals surface area contributed by atoms with E-state index in [9.17, 15) is 9.59 Å². The number of hydrogen-bond acceptors (Lipinski definition) is 3. The third-order valence-corrected chi connectivity index (χ3v) is 6.28. The van der Waals surface area contributed by atoms with Crippen LogP contribution < -0.4 is 10.1 Å². The van der Waals surface area contributed by atoms with Crippen molar-refractivity contribution in [1.82, 2.24) is 10.2 Å². The molecule has 2 amide bonds. The van der Waals surface area contributed by atoms with Gasteiger partial charge in [-0.05, 0) is 75.1 Å². The molecule has 0 saturated heterocycles. The number of halogens is 1. The third kappa shape index (κ3) is 7.85. The normalized spacial score (nSPS) is 12.1. The molecule has 6 heteroatoms. The smallest absolute Gasteiger partial charge is 0.261 e. The Labute approximate surface area is 219 Å². The Hall–Kier alpha value is -3.31. The molecule has 190 valence electrons. The molecular weight excluding hydrogens is 472 g/mol. The average Bonchev–Trinajstić information content (AvgIpc) is 2.82. The average molecular weight is 507 g/mol. The van der Waals surface area contributed by atoms with Gasteiger partial charge in [0, 0.05) is 23.5 Å². The summed E-state index contributed by atoms with van der Waals surface area (Å²) in [5.41, 5.74) is 3.50. The Bertz CT molecular complexity index is 1190. The predicted molar refractivity (Wildman–Crippen MR) is 145 cm³/mol. The zero-order chi connectivity index (χ0) is 26.3. The van der Waals surface area contributed by atoms with Crippen molar-refractivity contribution >= 4 is 23.4 Å². The lowest BCUT2D eigenvalue weighted by molar-refractivity contribution is -0.143. The van der Waals surface area contributed by atoms with Gasteiger partial charge in [-0.1, -0.05) is 66.2 Å². The molecule has 0 spiro atoms. The van der Waals surface area contributed by atoms with Crippen molar-refractivity contribution < 1.29 is 14.3 Å². The number of benzene rings is 3. The van der Waals surface area contributed by atoms with Gasteiger partial charge in [-0.2, -0.15) is 0 Å². The highest BCUT2D eigenvalue weighted by molar-refractivity contribution is 6.31. The van der Waals surface area contributed by atoms with Gasteiger partial charge >= 0.3 is 0 Å². The van der Waals surface area contributed by atoms with E-state index in [-0.39, 0.29) is 25.0 Å². The minimum Gasteiger partial charge on any atom is -0.484 e. The predicted octanol–water partition coefficient (Wildman–Crippen LogP) is 5.89. The topological polar surface area (TPSA) is 58.6 Å². The van der Waals surface area contributed by atoms with E-state index in [2.05, 4.69) is 5.32 Å². The number of ether oxygens (including phenoxy) is 1. The first-order valence-corrected chi connectivity index (χ1v) is 12.5. The lowest BCUT2D eigenvalue weighted by Crippen LogP contribution is -2.55. The van der Waals surface area contributed by atoms with Crippen LogP contribution in [0.3, 0.4) is 0 Å². The van der Waals surface area contributed by atoms with E-state index in [1.807, 2.05) is 101 Å². The van der Waals surface area contributed by atoms with E-state index in [0.29, 0.717) is 17.2 Å². The van der Waals surface area contributed by atoms with E-state index >= 15 is 0 Å². The van der Waals surface area contributed by atoms with Crippen LogP contribution in [0, 0.1) is 13.8 Å². The molecule has 0 unspecified atom stereocenters. The highest BCUT2D eigenvalue weighted by Crippen LogP contribution is 2.22. The van der Waals surface area contributed by atoms with Gasteiger partial charge in [0.15, 0.2) is 6.61 Å². The first-order chi connectivity index (χ1) is 17.0. The number of carbonyl (C=O) groups excluding carboxylic acids is 2. The molecule has 0 heterocycles. The fourth-order valence-electron chi connectivity index (χ4n) is 3.85. The highest BCUT2D eigenvalue weighted by Gasteiger charge is 2.32. The maximum Gasteiger partial charge on any atom is 0.261 e. The Balaban J connectivity index is 1.94. The van der Waals surface area contributed by atoms with Crippen molar-refractivity contribution in [3.05, 3.63) is 100 Å². The zero-order valence-corrected chi connectivity index (χ0v) is 22.4. The Morgan fingerprint density at radius 1 is 0.944 bits per heavy atom. The molecule has 3 aromatic carbocycles. The van der Waals surface area contributed by atoms with Crippen LogP contribution in [0.15, 0.2) is 72.8 Å². The summed E-state index contributed by atoms with van der Waals surface area (Å²) in [5.74, 6) is 0.0963. The minimum absolute atomic E-state index is 0.184. The summed E-state index contributed by atoms with van der Waals surface area (Å²) >= 11 is 6.46. The van der Waals surface area contributed by atoms with Crippen molar-refractivity contribution in [1.29, 1.82) is 0 Å². The first-order valence-electron chi connectivity index (χ1n) is 12.1. The molecule has 5 nitrogen and oxygen atoms in total. The molecule has 0 radical (unpaired) electrons. The van der Waals surface area contributed by atoms with Crippen molar-refractivity contribution in [2.45, 2.75) is 59.2 Å². The molecule has 0 saturated carbocycles. The molecule has 0 aliphatic rings. The minimum atomic E-state index is -0.751. The van der Waals surface area contributed by atoms with Gasteiger partial charge in [0.05, 0.1) is 0 Å². The molecule has 1 atom stereocenters. The fraction of sp³-hybridized carbons (Fsp3) is 0.333. The first kappa shape index (κ1) is 27.3. The fourth-order valence-corrected chi connectivity index (χ4v) is 4.04. The molecule has 0 aromatic heterocycles. The summed E-state index contributed by atoms with van der Waals surface area (Å²) in [4.78, 5) is 28.8. The van der Waals surface area contributed by atoms with Gasteiger partial charge in [0.1, 0.15) is 11.8 Å². The van der Waals surface area contributed by atoms with Gasteiger partial charge < -0.3 is 15.0 Å². The Kier molecular flexibility index (Phi) is 9.16. The van der Waals surface area contributed by atoms with E-state index in [4.69, 9.17) is 16.3 Å². The van der Waals surface area contributed by atoms with E-state index in [0.717, 1.165) is 22.3 Å². The highest BCUT2D eigenvalue weighted by atomic mass is 35.5. The van der Waals surface area contributed by atoms with Crippen LogP contribution in [0.1, 0.15) is 43.0 Å². The van der Waals surface area contributed by atoms with Crippen LogP contribution in [0.2, 0.25) is 5.02 Å². The van der Waals surface area contributed by atoms with Gasteiger partial charge in [-0.15, -0.1) is 0 Å². The second-order valence-corrected chi connectivity index (χ2v) is 10.5. The maximum absolute atomic E-state index is 13.7. The Morgan fingerprint density at radius 2 is 1.61 bits per heavy atom. The number of aryl methyl sites for hydroxylation is 2. The Morgan fingerprint density at radius 3 is 2.25 bits per heavy atom. The lowest BCUT2D eigenvalue weighted by Gasteiger charge is -2.34. The number of nitrogens with zero attached hydrogens (tertiary/aromatic N) is 1. The van der Waals surface area contributed by atoms with Gasteiger partial charge in [0.2, 0.25) is 5.91 Å². The summed E-state index contributed by atoms with van der Waals surface area (Å²) in [7, 11) is 0. The van der Waals surface area contributed by atoms with Crippen LogP contribution in [0.4, 0.5) is 0 Å². The van der Waals surface area contributed by atoms with E-state index < -0.39 is 11.6 Å². The molecule has 1 N–H and O–H groups in total. The van der Waals surface area contributed by atoms with Crippen LogP contribution in [0.5, 0.6) is 5.75 Å². The third-order valence-electron chi connectivity index (χ3n) is 5.91. The number of rotatable bonds is 9. The van der Waals surface area contributed by atoms with Crippen LogP contribution in [-0.4, -0.2) is 34.9 Å². The molecule has 0 fully saturated rings. The summed E-state index contributed by atoms with van der Waals surface area (Å²) < 4.78 is 5.88. The number of hydrogen-bond donors (Lipinski definition) is 1. The van der Waals surface area contributed by atoms with Gasteiger partial charge in [0.25, 0.3) is 5.91 Å². The SMILES string of the molecule is Cc1ccc(OCC(=O)N(Cc2ccccc2Cl)[C@H](Cc2ccccc2)C(=O)NC(C)(C)C)cc1C. The van der Waals surface area contributed by atoms with Crippen molar-refractivity contribution in [3.63, 3.8) is 0 Å². The summed E-state index contributed by atoms with van der Waals surface area (Å²) in [6.45, 7) is 9.79. The lowest BCUT2D eigenvalue weighted by atomic mass is 10.0. The quantitative estimate of drug-likeness (QED) is 0.393. The van der Waals surface area contributed by atoms with Gasteiger partial charge in [-0.25, -0.2) is 0 Å². The van der Waals surface area contributed by atoms with Crippen molar-refractivity contribution in [3.8, 4) is 5.75 Å². The molecule has 36 heavy (non-hydrogen) atoms. The molecule has 0 aliphatic carbocycles. The number of carbonyl (C=O) groups is 2. The van der Waals surface area contributed by atoms with Crippen LogP contribution >= 0.6 is 11.6 Å². The van der Waals surface area contributed by atoms with E-state index in [1.54, 1.807) is 11.0 Å². The molecule has 3 aromatic rings. The zero-order valence-electron chi connectivity index (χ0n) is 21.7. The second kappa shape index (κ2) is 12.1. The molecule has 0 aliphatic heterocycles. The summed E-state index contributed by atoms with van der Waals surface area (Å²) in [5, 5.41) is 3.60. The second-order valence-electron chi connectivity index (χ2n) is 10.1. The molecule has 3 rings (SSSR count). The van der Waals surface area contributed by atoms with Crippen LogP contribution in [0.25, 0.3) is 0 Å².